The number of unbranched alkanes of at least 4 members (excludes halogenated alkanes) is 2. The number of hydrogen-bond acceptors (Lipinski definition) is 4. The third kappa shape index (κ3) is 7.21. The van der Waals surface area contributed by atoms with Gasteiger partial charge in [-0.05, 0) is 62.0 Å². The van der Waals surface area contributed by atoms with Crippen LogP contribution in [0.4, 0.5) is 0 Å². The lowest BCUT2D eigenvalue weighted by molar-refractivity contribution is 0.136. The molecule has 0 bridgehead atoms. The van der Waals surface area contributed by atoms with Gasteiger partial charge in [0.2, 0.25) is 0 Å². The molecular weight excluding hydrogens is 372 g/mol. The van der Waals surface area contributed by atoms with Gasteiger partial charge in [-0.1, -0.05) is 75.2 Å². The van der Waals surface area contributed by atoms with Gasteiger partial charge in [-0.25, -0.2) is 0 Å². The predicted molar refractivity (Wildman–Crippen MR) is 127 cm³/mol. The summed E-state index contributed by atoms with van der Waals surface area (Å²) in [5.41, 5.74) is 4.06. The molecule has 0 aliphatic rings. The Morgan fingerprint density at radius 1 is 0.633 bits per heavy atom. The summed E-state index contributed by atoms with van der Waals surface area (Å²) in [6, 6.07) is 16.3. The van der Waals surface area contributed by atoms with Crippen LogP contribution < -0.4 is 10.6 Å². The highest BCUT2D eigenvalue weighted by Crippen LogP contribution is 2.26. The summed E-state index contributed by atoms with van der Waals surface area (Å²) < 4.78 is 0. The average molecular weight is 413 g/mol. The Labute approximate surface area is 182 Å². The summed E-state index contributed by atoms with van der Waals surface area (Å²) in [4.78, 5) is 0. The Bertz CT molecular complexity index is 651. The van der Waals surface area contributed by atoms with Gasteiger partial charge in [0.1, 0.15) is 0 Å². The molecule has 2 aromatic carbocycles. The molecule has 30 heavy (non-hydrogen) atoms. The Balaban J connectivity index is 1.98. The van der Waals surface area contributed by atoms with Crippen molar-refractivity contribution in [3.63, 3.8) is 0 Å². The molecule has 2 rings (SSSR count). The van der Waals surface area contributed by atoms with Crippen LogP contribution in [0.25, 0.3) is 11.1 Å². The molecule has 0 saturated carbocycles. The molecule has 0 fully saturated rings. The Kier molecular flexibility index (Phi) is 10.5. The minimum atomic E-state index is -0.518. The van der Waals surface area contributed by atoms with E-state index in [4.69, 9.17) is 0 Å². The van der Waals surface area contributed by atoms with Crippen molar-refractivity contribution in [3.05, 3.63) is 59.7 Å². The molecule has 0 saturated heterocycles. The number of hydrogen-bond donors (Lipinski definition) is 4. The van der Waals surface area contributed by atoms with Crippen LogP contribution in [0.2, 0.25) is 0 Å². The van der Waals surface area contributed by atoms with Gasteiger partial charge in [-0.2, -0.15) is 0 Å². The molecule has 4 heteroatoms. The van der Waals surface area contributed by atoms with Crippen LogP contribution in [-0.4, -0.2) is 35.4 Å². The first-order valence-electron chi connectivity index (χ1n) is 11.5. The van der Waals surface area contributed by atoms with E-state index < -0.39 is 12.2 Å². The molecule has 0 radical (unpaired) electrons. The van der Waals surface area contributed by atoms with E-state index in [1.807, 2.05) is 38.1 Å². The van der Waals surface area contributed by atoms with E-state index in [1.165, 1.54) is 0 Å². The van der Waals surface area contributed by atoms with Gasteiger partial charge in [-0.15, -0.1) is 0 Å². The van der Waals surface area contributed by atoms with E-state index in [0.29, 0.717) is 0 Å². The van der Waals surface area contributed by atoms with Gasteiger partial charge in [0.25, 0.3) is 0 Å². The summed E-state index contributed by atoms with van der Waals surface area (Å²) in [6.07, 6.45) is 3.50. The average Bonchev–Trinajstić information content (AvgIpc) is 2.78. The second kappa shape index (κ2) is 12.9. The minimum Gasteiger partial charge on any atom is -0.387 e. The third-order valence-electron chi connectivity index (χ3n) is 5.78. The number of nitrogens with one attached hydrogen (secondary N) is 2. The van der Waals surface area contributed by atoms with Gasteiger partial charge >= 0.3 is 0 Å². The Morgan fingerprint density at radius 3 is 1.27 bits per heavy atom. The Hall–Kier alpha value is -1.72. The highest BCUT2D eigenvalue weighted by Gasteiger charge is 2.17. The lowest BCUT2D eigenvalue weighted by atomic mass is 9.97. The van der Waals surface area contributed by atoms with Crippen molar-refractivity contribution < 1.29 is 10.2 Å². The minimum absolute atomic E-state index is 0.0242. The highest BCUT2D eigenvalue weighted by molar-refractivity contribution is 5.64. The maximum Gasteiger partial charge on any atom is 0.0940 e. The van der Waals surface area contributed by atoms with E-state index in [9.17, 15) is 10.2 Å². The van der Waals surface area contributed by atoms with Crippen molar-refractivity contribution in [1.29, 1.82) is 0 Å². The fourth-order valence-corrected chi connectivity index (χ4v) is 3.56. The van der Waals surface area contributed by atoms with E-state index in [2.05, 4.69) is 48.7 Å². The fraction of sp³-hybridized carbons (Fsp3) is 0.538. The SMILES string of the molecule is CCCCN[C@H](C)[C@@H](O)c1ccc(-c2ccc([C@H](O)[C@@H](C)NCCCC)cc2)cc1. The van der Waals surface area contributed by atoms with Crippen LogP contribution in [0.5, 0.6) is 0 Å². The molecule has 4 atom stereocenters. The zero-order chi connectivity index (χ0) is 21.9. The normalized spacial score (nSPS) is 15.5. The van der Waals surface area contributed by atoms with Crippen LogP contribution in [0.1, 0.15) is 76.7 Å². The molecule has 0 heterocycles. The monoisotopic (exact) mass is 412 g/mol. The molecule has 2 aromatic rings. The fourth-order valence-electron chi connectivity index (χ4n) is 3.56. The molecular formula is C26H40N2O2. The van der Waals surface area contributed by atoms with Gasteiger partial charge < -0.3 is 20.8 Å². The molecule has 4 nitrogen and oxygen atoms in total. The van der Waals surface area contributed by atoms with Crippen LogP contribution in [0.3, 0.4) is 0 Å². The Morgan fingerprint density at radius 2 is 0.967 bits per heavy atom. The van der Waals surface area contributed by atoms with Crippen molar-refractivity contribution in [2.45, 2.75) is 77.7 Å². The van der Waals surface area contributed by atoms with Crippen molar-refractivity contribution in [3.8, 4) is 11.1 Å². The zero-order valence-electron chi connectivity index (χ0n) is 19.1. The first-order chi connectivity index (χ1) is 14.5. The number of benzene rings is 2. The summed E-state index contributed by atoms with van der Waals surface area (Å²) in [5.74, 6) is 0. The van der Waals surface area contributed by atoms with E-state index in [0.717, 1.165) is 61.0 Å². The van der Waals surface area contributed by atoms with Gasteiger partial charge in [-0.3, -0.25) is 0 Å². The second-order valence-corrected chi connectivity index (χ2v) is 8.33. The smallest absolute Gasteiger partial charge is 0.0940 e. The number of aliphatic hydroxyl groups is 2. The van der Waals surface area contributed by atoms with E-state index >= 15 is 0 Å². The maximum absolute atomic E-state index is 10.6. The number of rotatable bonds is 13. The van der Waals surface area contributed by atoms with Crippen LogP contribution in [0, 0.1) is 0 Å². The predicted octanol–water partition coefficient (Wildman–Crippen LogP) is 4.98. The summed E-state index contributed by atoms with van der Waals surface area (Å²) in [7, 11) is 0. The molecule has 4 N–H and O–H groups in total. The standard InChI is InChI=1S/C26H40N2O2/c1-5-7-17-27-19(3)25(29)23-13-9-21(10-14-23)22-11-15-24(16-12-22)26(30)20(4)28-18-8-6-2/h9-16,19-20,25-30H,5-8,17-18H2,1-4H3/t19-,20-,25-,26-/m1/s1. The van der Waals surface area contributed by atoms with Crippen molar-refractivity contribution in [1.82, 2.24) is 10.6 Å². The lowest BCUT2D eigenvalue weighted by Gasteiger charge is -2.21. The van der Waals surface area contributed by atoms with Gasteiger partial charge in [0, 0.05) is 12.1 Å². The molecule has 166 valence electrons. The maximum atomic E-state index is 10.6. The van der Waals surface area contributed by atoms with Crippen molar-refractivity contribution in [2.24, 2.45) is 0 Å². The van der Waals surface area contributed by atoms with Crippen LogP contribution in [0.15, 0.2) is 48.5 Å². The molecule has 0 amide bonds. The zero-order valence-corrected chi connectivity index (χ0v) is 19.1. The second-order valence-electron chi connectivity index (χ2n) is 8.33. The topological polar surface area (TPSA) is 64.5 Å². The van der Waals surface area contributed by atoms with Crippen LogP contribution in [-0.2, 0) is 0 Å². The van der Waals surface area contributed by atoms with Crippen LogP contribution >= 0.6 is 0 Å². The highest BCUT2D eigenvalue weighted by atomic mass is 16.3. The van der Waals surface area contributed by atoms with E-state index in [1.54, 1.807) is 0 Å². The van der Waals surface area contributed by atoms with Gasteiger partial charge in [0.15, 0.2) is 0 Å². The molecule has 0 spiro atoms. The number of aliphatic hydroxyl groups excluding tert-OH is 2. The van der Waals surface area contributed by atoms with Crippen molar-refractivity contribution in [2.75, 3.05) is 13.1 Å². The summed E-state index contributed by atoms with van der Waals surface area (Å²) in [6.45, 7) is 10.2. The molecule has 0 aliphatic heterocycles. The first-order valence-corrected chi connectivity index (χ1v) is 11.5. The lowest BCUT2D eigenvalue weighted by Crippen LogP contribution is -2.32. The largest absolute Gasteiger partial charge is 0.387 e. The van der Waals surface area contributed by atoms with Gasteiger partial charge in [0.05, 0.1) is 12.2 Å². The molecule has 0 aromatic heterocycles. The quantitative estimate of drug-likeness (QED) is 0.351. The van der Waals surface area contributed by atoms with Crippen molar-refractivity contribution >= 4 is 0 Å². The molecule has 0 unspecified atom stereocenters. The summed E-state index contributed by atoms with van der Waals surface area (Å²) >= 11 is 0. The van der Waals surface area contributed by atoms with E-state index in [-0.39, 0.29) is 12.1 Å². The third-order valence-corrected chi connectivity index (χ3v) is 5.78. The molecule has 0 aliphatic carbocycles. The first kappa shape index (κ1) is 24.5. The summed E-state index contributed by atoms with van der Waals surface area (Å²) in [5, 5.41) is 27.9.